The highest BCUT2D eigenvalue weighted by Gasteiger charge is 2.31. The van der Waals surface area contributed by atoms with Gasteiger partial charge < -0.3 is 51.3 Å². The number of hydrogen-bond acceptors (Lipinski definition) is 10. The average Bonchev–Trinajstić information content (AvgIpc) is 2.89. The number of carboxylic acid groups (broad SMARTS) is 1. The molecular formula is C24H38I3N3O10. The van der Waals surface area contributed by atoms with E-state index in [1.807, 2.05) is 74.7 Å². The number of aliphatic carboxylic acids is 1. The van der Waals surface area contributed by atoms with Gasteiger partial charge in [-0.1, -0.05) is 13.3 Å². The zero-order valence-electron chi connectivity index (χ0n) is 22.6. The first-order valence-corrected chi connectivity index (χ1v) is 15.6. The van der Waals surface area contributed by atoms with Crippen LogP contribution in [0.1, 0.15) is 54.3 Å². The highest BCUT2D eigenvalue weighted by molar-refractivity contribution is 14.1. The van der Waals surface area contributed by atoms with Crippen molar-refractivity contribution in [3.8, 4) is 5.75 Å². The van der Waals surface area contributed by atoms with Gasteiger partial charge in [0.1, 0.15) is 24.1 Å². The molecule has 0 bridgehead atoms. The Balaban J connectivity index is 0.000000983. The van der Waals surface area contributed by atoms with Crippen LogP contribution in [0.2, 0.25) is 0 Å². The van der Waals surface area contributed by atoms with E-state index in [2.05, 4.69) is 16.0 Å². The number of benzene rings is 1. The lowest BCUT2D eigenvalue weighted by Gasteiger charge is -2.25. The normalized spacial score (nSPS) is 14.6. The Morgan fingerprint density at radius 2 is 1.27 bits per heavy atom. The number of carboxylic acids is 1. The fraction of sp³-hybridized carbons (Fsp3) is 0.625. The SMILES string of the molecule is CCCC(Oc1c(I)c(C(=O)NCC)c(I)c(C(=O)NCC)c1I)C(=O)O.CNC[C@H](O)[C@@H](O)[C@H](O)[C@H](O)CO. The highest BCUT2D eigenvalue weighted by atomic mass is 127. The zero-order chi connectivity index (χ0) is 31.2. The van der Waals surface area contributed by atoms with Crippen LogP contribution in [0.4, 0.5) is 0 Å². The summed E-state index contributed by atoms with van der Waals surface area (Å²) in [6.45, 7) is 5.75. The van der Waals surface area contributed by atoms with Crippen molar-refractivity contribution in [3.05, 3.63) is 21.8 Å². The molecule has 0 saturated carbocycles. The number of aliphatic hydroxyl groups excluding tert-OH is 5. The van der Waals surface area contributed by atoms with Crippen LogP contribution in [0.3, 0.4) is 0 Å². The van der Waals surface area contributed by atoms with Gasteiger partial charge in [-0.2, -0.15) is 0 Å². The van der Waals surface area contributed by atoms with Gasteiger partial charge in [0.2, 0.25) is 0 Å². The molecule has 0 spiro atoms. The molecule has 0 radical (unpaired) electrons. The van der Waals surface area contributed by atoms with Crippen molar-refractivity contribution in [1.29, 1.82) is 0 Å². The van der Waals surface area contributed by atoms with Crippen molar-refractivity contribution in [2.75, 3.05) is 33.3 Å². The topological polar surface area (TPSA) is 218 Å². The van der Waals surface area contributed by atoms with E-state index >= 15 is 0 Å². The van der Waals surface area contributed by atoms with Gasteiger partial charge in [-0.15, -0.1) is 0 Å². The van der Waals surface area contributed by atoms with Crippen LogP contribution in [0.15, 0.2) is 0 Å². The molecule has 16 heteroatoms. The number of carbonyl (C=O) groups is 3. The molecule has 0 aliphatic rings. The summed E-state index contributed by atoms with van der Waals surface area (Å²) in [5.74, 6) is -1.50. The van der Waals surface area contributed by atoms with E-state index in [9.17, 15) is 24.6 Å². The van der Waals surface area contributed by atoms with Gasteiger partial charge in [-0.05, 0) is 95.1 Å². The molecule has 0 fully saturated rings. The third kappa shape index (κ3) is 11.6. The molecule has 0 aliphatic carbocycles. The van der Waals surface area contributed by atoms with Crippen molar-refractivity contribution in [2.24, 2.45) is 0 Å². The maximum absolute atomic E-state index is 12.6. The van der Waals surface area contributed by atoms with Gasteiger partial charge in [0, 0.05) is 23.2 Å². The first kappa shape index (κ1) is 39.4. The smallest absolute Gasteiger partial charge is 0.344 e. The van der Waals surface area contributed by atoms with Crippen molar-refractivity contribution in [2.45, 2.75) is 64.1 Å². The summed E-state index contributed by atoms with van der Waals surface area (Å²) in [7, 11) is 1.57. The van der Waals surface area contributed by atoms with E-state index in [1.54, 1.807) is 20.9 Å². The number of hydrogen-bond donors (Lipinski definition) is 9. The first-order chi connectivity index (χ1) is 18.7. The van der Waals surface area contributed by atoms with Crippen LogP contribution in [0, 0.1) is 10.7 Å². The van der Waals surface area contributed by atoms with Crippen molar-refractivity contribution < 1.29 is 49.8 Å². The van der Waals surface area contributed by atoms with E-state index in [1.165, 1.54) is 0 Å². The third-order valence-corrected chi connectivity index (χ3v) is 8.37. The number of nitrogens with one attached hydrogen (secondary N) is 3. The summed E-state index contributed by atoms with van der Waals surface area (Å²) in [6.07, 6.45) is -5.76. The fourth-order valence-electron chi connectivity index (χ4n) is 3.17. The number of likely N-dealkylation sites (N-methyl/N-ethyl adjacent to an activating group) is 1. The van der Waals surface area contributed by atoms with Crippen LogP contribution in [0.25, 0.3) is 0 Å². The molecule has 13 nitrogen and oxygen atoms in total. The molecule has 2 amide bonds. The Hall–Kier alpha value is -0.620. The second-order valence-corrected chi connectivity index (χ2v) is 11.6. The van der Waals surface area contributed by atoms with Crippen LogP contribution in [-0.2, 0) is 4.79 Å². The monoisotopic (exact) mass is 909 g/mol. The molecule has 1 aromatic rings. The molecular weight excluding hydrogens is 871 g/mol. The molecule has 5 atom stereocenters. The molecule has 0 aliphatic heterocycles. The van der Waals surface area contributed by atoms with E-state index in [0.717, 1.165) is 0 Å². The van der Waals surface area contributed by atoms with Crippen molar-refractivity contribution in [1.82, 2.24) is 16.0 Å². The summed E-state index contributed by atoms with van der Waals surface area (Å²) in [5.41, 5.74) is 0.630. The molecule has 0 aromatic heterocycles. The van der Waals surface area contributed by atoms with Gasteiger partial charge in [0.15, 0.2) is 6.10 Å². The van der Waals surface area contributed by atoms with Gasteiger partial charge in [0.05, 0.1) is 31.0 Å². The summed E-state index contributed by atoms with van der Waals surface area (Å²) < 4.78 is 7.28. The Labute approximate surface area is 274 Å². The second-order valence-electron chi connectivity index (χ2n) is 8.33. The van der Waals surface area contributed by atoms with Crippen LogP contribution < -0.4 is 20.7 Å². The van der Waals surface area contributed by atoms with Gasteiger partial charge in [-0.3, -0.25) is 9.59 Å². The largest absolute Gasteiger partial charge is 0.479 e. The number of halogens is 3. The van der Waals surface area contributed by atoms with Gasteiger partial charge >= 0.3 is 5.97 Å². The standard InChI is InChI=1S/C17H21I3N2O5.C7H17NO5/c1-4-7-8(17(25)26)27-14-12(19)9(15(23)21-5-2)11(18)10(13(14)20)16(24)22-6-3;1-8-2-4(10)6(12)7(13)5(11)3-9/h8H,4-7H2,1-3H3,(H,21,23)(H,22,24)(H,25,26);4-13H,2-3H2,1H3/t;4-,5+,6+,7+/m.0/s1. The maximum Gasteiger partial charge on any atom is 0.344 e. The Kier molecular flexibility index (Phi) is 20.0. The van der Waals surface area contributed by atoms with Crippen molar-refractivity contribution in [3.63, 3.8) is 0 Å². The number of carbonyl (C=O) groups excluding carboxylic acids is 2. The summed E-state index contributed by atoms with van der Waals surface area (Å²) >= 11 is 5.93. The maximum atomic E-state index is 12.6. The lowest BCUT2D eigenvalue weighted by molar-refractivity contribution is -0.145. The highest BCUT2D eigenvalue weighted by Crippen LogP contribution is 2.38. The van der Waals surface area contributed by atoms with Crippen LogP contribution >= 0.6 is 67.8 Å². The van der Waals surface area contributed by atoms with E-state index in [4.69, 9.17) is 25.2 Å². The molecule has 1 aromatic carbocycles. The molecule has 40 heavy (non-hydrogen) atoms. The summed E-state index contributed by atoms with van der Waals surface area (Å²) in [4.78, 5) is 36.7. The molecule has 0 heterocycles. The molecule has 9 N–H and O–H groups in total. The summed E-state index contributed by atoms with van der Waals surface area (Å²) in [5, 5.41) is 62.4. The van der Waals surface area contributed by atoms with E-state index < -0.39 is 43.1 Å². The Morgan fingerprint density at radius 3 is 1.62 bits per heavy atom. The molecule has 1 rings (SSSR count). The van der Waals surface area contributed by atoms with E-state index in [-0.39, 0.29) is 24.1 Å². The number of amides is 2. The second kappa shape index (κ2) is 20.3. The average molecular weight is 909 g/mol. The lowest BCUT2D eigenvalue weighted by Crippen LogP contribution is -2.48. The molecule has 0 saturated heterocycles. The lowest BCUT2D eigenvalue weighted by atomic mass is 10.0. The fourth-order valence-corrected chi connectivity index (χ4v) is 7.57. The third-order valence-electron chi connectivity index (χ3n) is 5.23. The van der Waals surface area contributed by atoms with Crippen molar-refractivity contribution >= 4 is 85.6 Å². The Bertz CT molecular complexity index is 941. The van der Waals surface area contributed by atoms with Crippen LogP contribution in [-0.4, -0.2) is 112 Å². The first-order valence-electron chi connectivity index (χ1n) is 12.4. The molecule has 230 valence electrons. The van der Waals surface area contributed by atoms with Gasteiger partial charge in [0.25, 0.3) is 11.8 Å². The predicted octanol–water partition coefficient (Wildman–Crippen LogP) is 0.274. The predicted molar refractivity (Wildman–Crippen MR) is 173 cm³/mol. The summed E-state index contributed by atoms with van der Waals surface area (Å²) in [6, 6.07) is 0. The number of ether oxygens (including phenoxy) is 1. The molecule has 1 unspecified atom stereocenters. The quantitative estimate of drug-likeness (QED) is 0.109. The number of aliphatic hydroxyl groups is 5. The minimum absolute atomic E-state index is 0.0936. The Morgan fingerprint density at radius 1 is 0.825 bits per heavy atom. The number of rotatable bonds is 15. The van der Waals surface area contributed by atoms with Gasteiger partial charge in [-0.25, -0.2) is 4.79 Å². The minimum Gasteiger partial charge on any atom is -0.479 e. The zero-order valence-corrected chi connectivity index (χ0v) is 29.1. The van der Waals surface area contributed by atoms with Crippen LogP contribution in [0.5, 0.6) is 5.75 Å². The van der Waals surface area contributed by atoms with E-state index in [0.29, 0.717) is 47.8 Å². The minimum atomic E-state index is -1.55.